The Morgan fingerprint density at radius 1 is 1.05 bits per heavy atom. The van der Waals surface area contributed by atoms with Crippen molar-refractivity contribution in [1.29, 1.82) is 0 Å². The van der Waals surface area contributed by atoms with Crippen molar-refractivity contribution in [3.8, 4) is 0 Å². The molecule has 0 aliphatic carbocycles. The molecule has 4 rings (SSSR count). The Morgan fingerprint density at radius 3 is 2.57 bits per heavy atom. The van der Waals surface area contributed by atoms with Crippen molar-refractivity contribution in [2.45, 2.75) is 26.3 Å². The van der Waals surface area contributed by atoms with E-state index in [-0.39, 0.29) is 29.7 Å². The van der Waals surface area contributed by atoms with Gasteiger partial charge < -0.3 is 14.6 Å². The summed E-state index contributed by atoms with van der Waals surface area (Å²) in [5.74, 6) is -0.919. The van der Waals surface area contributed by atoms with Crippen molar-refractivity contribution in [3.05, 3.63) is 76.3 Å². The monoisotopic (exact) mass is 519 g/mol. The first-order chi connectivity index (χ1) is 17.9. The zero-order chi connectivity index (χ0) is 26.4. The van der Waals surface area contributed by atoms with E-state index < -0.39 is 11.1 Å². The number of para-hydroxylation sites is 1. The van der Waals surface area contributed by atoms with Crippen LogP contribution in [0.5, 0.6) is 0 Å². The Labute approximate surface area is 219 Å². The molecule has 192 valence electrons. The number of rotatable bonds is 11. The first kappa shape index (κ1) is 26.4. The molecule has 1 fully saturated rings. The van der Waals surface area contributed by atoms with Crippen LogP contribution in [-0.2, 0) is 27.3 Å². The van der Waals surface area contributed by atoms with Crippen molar-refractivity contribution in [2.24, 2.45) is 0 Å². The van der Waals surface area contributed by atoms with Gasteiger partial charge in [0.05, 0.1) is 17.0 Å². The van der Waals surface area contributed by atoms with Gasteiger partial charge in [-0.1, -0.05) is 55.5 Å². The van der Waals surface area contributed by atoms with Gasteiger partial charge in [-0.15, -0.1) is 0 Å². The molecule has 0 radical (unpaired) electrons. The standard InChI is InChI=1S/C28H29N3O5S/c1-3-19-11-7-12-22-21(16-30(26(19)22)18-25(33)29-13-8-14-36-2)15-24-27(34)31(28(35)37-24)17-23(32)20-9-5-4-6-10-20/h4-7,9-12,15-16H,3,8,13-14,17-18H2,1-2H3,(H,29,33)/b24-15-. The fraction of sp³-hybridized carbons (Fsp3) is 0.286. The molecular weight excluding hydrogens is 490 g/mol. The predicted octanol–water partition coefficient (Wildman–Crippen LogP) is 4.28. The topological polar surface area (TPSA) is 97.7 Å². The van der Waals surface area contributed by atoms with E-state index in [1.165, 1.54) is 0 Å². The van der Waals surface area contributed by atoms with Crippen LogP contribution in [0, 0.1) is 0 Å². The van der Waals surface area contributed by atoms with Gasteiger partial charge in [-0.3, -0.25) is 24.1 Å². The molecule has 8 nitrogen and oxygen atoms in total. The molecule has 1 aliphatic heterocycles. The summed E-state index contributed by atoms with van der Waals surface area (Å²) in [6.07, 6.45) is 5.01. The number of aryl methyl sites for hydroxylation is 1. The largest absolute Gasteiger partial charge is 0.385 e. The highest BCUT2D eigenvalue weighted by Crippen LogP contribution is 2.35. The third-order valence-electron chi connectivity index (χ3n) is 6.11. The number of fused-ring (bicyclic) bond motifs is 1. The van der Waals surface area contributed by atoms with E-state index in [0.29, 0.717) is 18.7 Å². The number of thioether (sulfide) groups is 1. The summed E-state index contributed by atoms with van der Waals surface area (Å²) in [6, 6.07) is 14.5. The van der Waals surface area contributed by atoms with E-state index in [9.17, 15) is 19.2 Å². The molecule has 1 aromatic heterocycles. The van der Waals surface area contributed by atoms with Crippen molar-refractivity contribution in [3.63, 3.8) is 0 Å². The molecule has 3 amide bonds. The minimum Gasteiger partial charge on any atom is -0.385 e. The van der Waals surface area contributed by atoms with Gasteiger partial charge in [0.25, 0.3) is 11.1 Å². The van der Waals surface area contributed by atoms with Crippen molar-refractivity contribution < 1.29 is 23.9 Å². The van der Waals surface area contributed by atoms with E-state index in [4.69, 9.17) is 4.74 Å². The maximum Gasteiger partial charge on any atom is 0.293 e. The Bertz CT molecular complexity index is 1360. The van der Waals surface area contributed by atoms with Crippen molar-refractivity contribution in [1.82, 2.24) is 14.8 Å². The smallest absolute Gasteiger partial charge is 0.293 e. The van der Waals surface area contributed by atoms with Crippen molar-refractivity contribution >= 4 is 51.6 Å². The average molecular weight is 520 g/mol. The Morgan fingerprint density at radius 2 is 1.84 bits per heavy atom. The zero-order valence-electron chi connectivity index (χ0n) is 20.9. The number of aromatic nitrogens is 1. The number of carbonyl (C=O) groups excluding carboxylic acids is 4. The summed E-state index contributed by atoms with van der Waals surface area (Å²) < 4.78 is 6.91. The van der Waals surface area contributed by atoms with Gasteiger partial charge in [0.15, 0.2) is 5.78 Å². The number of imide groups is 1. The molecule has 0 saturated carbocycles. The first-order valence-corrected chi connectivity index (χ1v) is 12.9. The van der Waals surface area contributed by atoms with Crippen LogP contribution in [0.3, 0.4) is 0 Å². The molecule has 37 heavy (non-hydrogen) atoms. The van der Waals surface area contributed by atoms with Crippen LogP contribution in [-0.4, -0.2) is 59.1 Å². The number of hydrogen-bond donors (Lipinski definition) is 1. The lowest BCUT2D eigenvalue weighted by Crippen LogP contribution is -2.33. The van der Waals surface area contributed by atoms with Gasteiger partial charge in [0.1, 0.15) is 6.54 Å². The second-order valence-electron chi connectivity index (χ2n) is 8.63. The van der Waals surface area contributed by atoms with E-state index >= 15 is 0 Å². The number of nitrogens with zero attached hydrogens (tertiary/aromatic N) is 2. The lowest BCUT2D eigenvalue weighted by molar-refractivity contribution is -0.122. The third kappa shape index (κ3) is 6.00. The fourth-order valence-corrected chi connectivity index (χ4v) is 5.11. The normalized spacial score (nSPS) is 14.6. The van der Waals surface area contributed by atoms with E-state index in [0.717, 1.165) is 51.5 Å². The third-order valence-corrected chi connectivity index (χ3v) is 7.02. The maximum absolute atomic E-state index is 13.1. The number of Topliss-reactive ketones (excluding diaryl/α,β-unsaturated/α-hetero) is 1. The molecule has 1 saturated heterocycles. The van der Waals surface area contributed by atoms with E-state index in [1.807, 2.05) is 35.9 Å². The second-order valence-corrected chi connectivity index (χ2v) is 9.63. The molecular formula is C28H29N3O5S. The molecule has 2 aromatic carbocycles. The summed E-state index contributed by atoms with van der Waals surface area (Å²) in [5.41, 5.74) is 3.17. The molecule has 1 N–H and O–H groups in total. The first-order valence-electron chi connectivity index (χ1n) is 12.1. The van der Waals surface area contributed by atoms with Crippen LogP contribution in [0.15, 0.2) is 59.6 Å². The van der Waals surface area contributed by atoms with Gasteiger partial charge in [-0.25, -0.2) is 0 Å². The molecule has 3 aromatic rings. The summed E-state index contributed by atoms with van der Waals surface area (Å²) >= 11 is 0.817. The van der Waals surface area contributed by atoms with Crippen LogP contribution in [0.2, 0.25) is 0 Å². The molecule has 9 heteroatoms. The fourth-order valence-electron chi connectivity index (χ4n) is 4.28. The quantitative estimate of drug-likeness (QED) is 0.231. The minimum absolute atomic E-state index is 0.120. The Hall–Kier alpha value is -3.69. The van der Waals surface area contributed by atoms with Gasteiger partial charge in [-0.2, -0.15) is 0 Å². The average Bonchev–Trinajstić information content (AvgIpc) is 3.38. The summed E-state index contributed by atoms with van der Waals surface area (Å²) in [4.78, 5) is 52.1. The van der Waals surface area contributed by atoms with Crippen LogP contribution >= 0.6 is 11.8 Å². The molecule has 1 aliphatic rings. The SMILES string of the molecule is CCc1cccc2c(/C=C3\SC(=O)N(CC(=O)c4ccccc4)C3=O)cn(CC(=O)NCCCOC)c12. The van der Waals surface area contributed by atoms with Gasteiger partial charge in [0, 0.05) is 43.0 Å². The summed E-state index contributed by atoms with van der Waals surface area (Å²) in [7, 11) is 1.62. The number of ether oxygens (including phenoxy) is 1. The summed E-state index contributed by atoms with van der Waals surface area (Å²) in [6.45, 7) is 2.96. The van der Waals surface area contributed by atoms with E-state index in [2.05, 4.69) is 5.32 Å². The number of nitrogens with one attached hydrogen (secondary N) is 1. The Balaban J connectivity index is 1.59. The lowest BCUT2D eigenvalue weighted by Gasteiger charge is -2.11. The van der Waals surface area contributed by atoms with Crippen LogP contribution < -0.4 is 5.32 Å². The number of ketones is 1. The second kappa shape index (κ2) is 12.0. The molecule has 0 spiro atoms. The molecule has 2 heterocycles. The highest BCUT2D eigenvalue weighted by molar-refractivity contribution is 8.18. The predicted molar refractivity (Wildman–Crippen MR) is 144 cm³/mol. The minimum atomic E-state index is -0.497. The number of amides is 3. The number of methoxy groups -OCH3 is 1. The number of carbonyl (C=O) groups is 4. The Kier molecular flexibility index (Phi) is 8.58. The lowest BCUT2D eigenvalue weighted by atomic mass is 10.1. The van der Waals surface area contributed by atoms with Crippen LogP contribution in [0.4, 0.5) is 4.79 Å². The van der Waals surface area contributed by atoms with Gasteiger partial charge in [0.2, 0.25) is 5.91 Å². The number of benzene rings is 2. The molecule has 0 atom stereocenters. The van der Waals surface area contributed by atoms with Crippen LogP contribution in [0.25, 0.3) is 17.0 Å². The van der Waals surface area contributed by atoms with Crippen molar-refractivity contribution in [2.75, 3.05) is 26.8 Å². The maximum atomic E-state index is 13.1. The zero-order valence-corrected chi connectivity index (χ0v) is 21.7. The van der Waals surface area contributed by atoms with Gasteiger partial charge >= 0.3 is 0 Å². The molecule has 0 unspecified atom stereocenters. The number of hydrogen-bond acceptors (Lipinski definition) is 6. The van der Waals surface area contributed by atoms with E-state index in [1.54, 1.807) is 43.5 Å². The highest BCUT2D eigenvalue weighted by atomic mass is 32.2. The highest BCUT2D eigenvalue weighted by Gasteiger charge is 2.36. The van der Waals surface area contributed by atoms with Gasteiger partial charge in [-0.05, 0) is 36.2 Å². The molecule has 0 bridgehead atoms. The summed E-state index contributed by atoms with van der Waals surface area (Å²) in [5, 5.41) is 3.31. The van der Waals surface area contributed by atoms with Crippen LogP contribution in [0.1, 0.15) is 34.8 Å².